The van der Waals surface area contributed by atoms with Crippen molar-refractivity contribution in [2.45, 2.75) is 79.4 Å². The van der Waals surface area contributed by atoms with Gasteiger partial charge in [0.1, 0.15) is 24.3 Å². The molecule has 0 atom stereocenters. The zero-order valence-electron chi connectivity index (χ0n) is 24.9. The van der Waals surface area contributed by atoms with Crippen LogP contribution in [0.3, 0.4) is 0 Å². The van der Waals surface area contributed by atoms with Crippen molar-refractivity contribution in [1.82, 2.24) is 15.2 Å². The number of esters is 2. The van der Waals surface area contributed by atoms with Crippen LogP contribution in [-0.4, -0.2) is 78.5 Å². The van der Waals surface area contributed by atoms with E-state index < -0.39 is 35.3 Å². The first-order chi connectivity index (χ1) is 18.5. The standard InChI is InChI=1S/C18H28N3O6.C8H14NO4.Mn/c1-13(2)25-9-7-19-14-6-8-21(15(14)11-22)12-26-16(23)10-20-17(24)27-18(3,4)5;1-8(2,3)13-7(11)9-5-6(10)12-4;/h6,8,13,19H,7,9-10,12H2,1-5H3,(H,20,24);4-5H2,1-3H3,(H,9,11);/q2*-1;+2. The quantitative estimate of drug-likeness (QED) is 0.103. The summed E-state index contributed by atoms with van der Waals surface area (Å²) >= 11 is 0. The fourth-order valence-corrected chi connectivity index (χ4v) is 2.48. The van der Waals surface area contributed by atoms with Crippen molar-refractivity contribution in [3.63, 3.8) is 0 Å². The van der Waals surface area contributed by atoms with Crippen molar-refractivity contribution >= 4 is 36.1 Å². The Balaban J connectivity index is 0. The van der Waals surface area contributed by atoms with E-state index in [1.807, 2.05) is 20.1 Å². The molecule has 1 heterocycles. The van der Waals surface area contributed by atoms with E-state index in [-0.39, 0.29) is 48.7 Å². The first-order valence-corrected chi connectivity index (χ1v) is 12.4. The molecular weight excluding hydrogens is 583 g/mol. The second-order valence-corrected chi connectivity index (χ2v) is 10.4. The summed E-state index contributed by atoms with van der Waals surface area (Å²) in [4.78, 5) is 55.9. The van der Waals surface area contributed by atoms with Gasteiger partial charge < -0.3 is 49.0 Å². The Bertz CT molecular complexity index is 968. The largest absolute Gasteiger partial charge is 2.00 e. The molecule has 1 aromatic heterocycles. The molecule has 0 aliphatic carbocycles. The van der Waals surface area contributed by atoms with Gasteiger partial charge >= 0.3 is 35.2 Å². The van der Waals surface area contributed by atoms with Gasteiger partial charge in [-0.2, -0.15) is 7.11 Å². The molecule has 41 heavy (non-hydrogen) atoms. The van der Waals surface area contributed by atoms with Gasteiger partial charge in [0, 0.05) is 12.8 Å². The Kier molecular flexibility index (Phi) is 19.2. The van der Waals surface area contributed by atoms with Crippen LogP contribution in [0.1, 0.15) is 61.1 Å². The topological polar surface area (TPSA) is 173 Å². The molecule has 0 unspecified atom stereocenters. The van der Waals surface area contributed by atoms with Crippen molar-refractivity contribution in [3.05, 3.63) is 25.1 Å². The summed E-state index contributed by atoms with van der Waals surface area (Å²) in [6, 6.07) is 1.68. The number of alkyl carbamates (subject to hydrolysis) is 2. The van der Waals surface area contributed by atoms with E-state index in [1.165, 1.54) is 4.57 Å². The summed E-state index contributed by atoms with van der Waals surface area (Å²) < 4.78 is 25.8. The number of aromatic nitrogens is 1. The van der Waals surface area contributed by atoms with Gasteiger partial charge in [-0.15, -0.1) is 6.07 Å². The van der Waals surface area contributed by atoms with Crippen LogP contribution in [0.5, 0.6) is 0 Å². The van der Waals surface area contributed by atoms with E-state index in [1.54, 1.807) is 53.8 Å². The van der Waals surface area contributed by atoms with Crippen molar-refractivity contribution < 1.29 is 64.7 Å². The van der Waals surface area contributed by atoms with Crippen molar-refractivity contribution in [1.29, 1.82) is 0 Å². The summed E-state index contributed by atoms with van der Waals surface area (Å²) in [7, 11) is 2.90. The molecule has 0 aliphatic heterocycles. The molecule has 3 N–H and O–H groups in total. The van der Waals surface area contributed by atoms with Gasteiger partial charge in [0.15, 0.2) is 6.73 Å². The number of rotatable bonds is 12. The number of hydrogen-bond donors (Lipinski definition) is 3. The van der Waals surface area contributed by atoms with Gasteiger partial charge in [-0.3, -0.25) is 9.59 Å². The fourth-order valence-electron chi connectivity index (χ4n) is 2.48. The number of ether oxygens (including phenoxy) is 5. The van der Waals surface area contributed by atoms with Crippen LogP contribution in [0.2, 0.25) is 0 Å². The van der Waals surface area contributed by atoms with E-state index in [9.17, 15) is 24.0 Å². The summed E-state index contributed by atoms with van der Waals surface area (Å²) in [6.07, 6.45) is 2.18. The number of nitrogens with one attached hydrogen (secondary N) is 3. The molecule has 1 aromatic rings. The van der Waals surface area contributed by atoms with Gasteiger partial charge in [0.05, 0.1) is 12.7 Å². The fraction of sp³-hybridized carbons (Fsp3) is 0.615. The van der Waals surface area contributed by atoms with Gasteiger partial charge in [0.25, 0.3) is 5.97 Å². The molecule has 0 fully saturated rings. The average molecular weight is 626 g/mol. The predicted octanol–water partition coefficient (Wildman–Crippen LogP) is 2.65. The summed E-state index contributed by atoms with van der Waals surface area (Å²) in [6.45, 7) is 14.5. The smallest absolute Gasteiger partial charge is 0.639 e. The Morgan fingerprint density at radius 1 is 0.951 bits per heavy atom. The first-order valence-electron chi connectivity index (χ1n) is 12.4. The van der Waals surface area contributed by atoms with Crippen molar-refractivity contribution in [2.75, 3.05) is 31.6 Å². The molecule has 0 aliphatic rings. The third-order valence-corrected chi connectivity index (χ3v) is 4.01. The minimum atomic E-state index is -0.711. The second kappa shape index (κ2) is 19.7. The maximum atomic E-state index is 11.7. The van der Waals surface area contributed by atoms with Crippen LogP contribution >= 0.6 is 0 Å². The molecule has 15 heteroatoms. The third-order valence-electron chi connectivity index (χ3n) is 4.01. The molecule has 233 valence electrons. The minimum absolute atomic E-state index is 0. The second-order valence-electron chi connectivity index (χ2n) is 10.4. The Morgan fingerprint density at radius 2 is 1.46 bits per heavy atom. The third kappa shape index (κ3) is 21.2. The van der Waals surface area contributed by atoms with Crippen LogP contribution in [0.15, 0.2) is 12.3 Å². The Labute approximate surface area is 252 Å². The van der Waals surface area contributed by atoms with Crippen LogP contribution in [0.4, 0.5) is 15.3 Å². The maximum absolute atomic E-state index is 11.7. The molecule has 0 bridgehead atoms. The van der Waals surface area contributed by atoms with Gasteiger partial charge in [-0.1, -0.05) is 11.4 Å². The molecule has 2 amide bonds. The molecule has 1 radical (unpaired) electrons. The van der Waals surface area contributed by atoms with Crippen molar-refractivity contribution in [2.24, 2.45) is 0 Å². The first kappa shape index (κ1) is 39.9. The summed E-state index contributed by atoms with van der Waals surface area (Å²) in [5.74, 6) is -1.28. The van der Waals surface area contributed by atoms with Crippen LogP contribution in [-0.2, 0) is 61.9 Å². The minimum Gasteiger partial charge on any atom is -0.639 e. The van der Waals surface area contributed by atoms with E-state index in [0.29, 0.717) is 18.8 Å². The molecule has 0 spiro atoms. The zero-order chi connectivity index (χ0) is 30.9. The number of carbonyl (C=O) groups is 4. The van der Waals surface area contributed by atoms with E-state index in [2.05, 4.69) is 27.8 Å². The zero-order valence-corrected chi connectivity index (χ0v) is 26.1. The Hall–Kier alpha value is -3.29. The Morgan fingerprint density at radius 3 is 1.90 bits per heavy atom. The van der Waals surface area contributed by atoms with E-state index in [0.717, 1.165) is 0 Å². The summed E-state index contributed by atoms with van der Waals surface area (Å²) in [5.41, 5.74) is -0.427. The van der Waals surface area contributed by atoms with Crippen LogP contribution in [0, 0.1) is 7.11 Å². The number of amides is 2. The number of carbonyl (C=O) groups excluding carboxylic acids is 5. The normalized spacial score (nSPS) is 10.7. The molecule has 1 rings (SSSR count). The molecule has 0 aromatic carbocycles. The number of hydrogen-bond acceptors (Lipinski definition) is 11. The van der Waals surface area contributed by atoms with Crippen molar-refractivity contribution in [3.8, 4) is 0 Å². The van der Waals surface area contributed by atoms with Crippen LogP contribution in [0.25, 0.3) is 0 Å². The van der Waals surface area contributed by atoms with Crippen LogP contribution < -0.4 is 16.0 Å². The molecule has 14 nitrogen and oxygen atoms in total. The predicted molar refractivity (Wildman–Crippen MR) is 145 cm³/mol. The SMILES string of the molecule is CC(C)OCCNc1ccn(COC(=O)CNC(=O)OC(C)(C)C)c1[C-]=O.[CH2-]OC(=O)CNC(=O)OC(C)(C)C.[Mn+2]. The van der Waals surface area contributed by atoms with E-state index >= 15 is 0 Å². The van der Waals surface area contributed by atoms with Gasteiger partial charge in [-0.05, 0) is 61.6 Å². The van der Waals surface area contributed by atoms with E-state index in [4.69, 9.17) is 18.9 Å². The molecular formula is C26H42MnN4O10. The monoisotopic (exact) mass is 625 g/mol. The summed E-state index contributed by atoms with van der Waals surface area (Å²) in [5, 5.41) is 7.59. The van der Waals surface area contributed by atoms with Gasteiger partial charge in [-0.25, -0.2) is 9.59 Å². The molecule has 0 saturated heterocycles. The average Bonchev–Trinajstić information content (AvgIpc) is 3.22. The number of anilines is 1. The number of nitrogens with zero attached hydrogens (tertiary/aromatic N) is 1. The van der Waals surface area contributed by atoms with Gasteiger partial charge in [0.2, 0.25) is 0 Å². The maximum Gasteiger partial charge on any atom is 2.00 e. The molecule has 0 saturated carbocycles.